The lowest BCUT2D eigenvalue weighted by molar-refractivity contribution is 0.169. The average molecular weight is 222 g/mol. The molecular formula is C12H18N2S. The molecule has 0 saturated heterocycles. The Morgan fingerprint density at radius 1 is 1.40 bits per heavy atom. The van der Waals surface area contributed by atoms with Gasteiger partial charge in [0, 0.05) is 30.1 Å². The predicted octanol–water partition coefficient (Wildman–Crippen LogP) is 1.99. The van der Waals surface area contributed by atoms with Crippen molar-refractivity contribution in [3.8, 4) is 0 Å². The lowest BCUT2D eigenvalue weighted by Gasteiger charge is -2.34. The largest absolute Gasteiger partial charge is 0.326 e. The molecule has 2 N–H and O–H groups in total. The molecule has 3 heteroatoms. The van der Waals surface area contributed by atoms with Crippen molar-refractivity contribution in [1.29, 1.82) is 0 Å². The van der Waals surface area contributed by atoms with E-state index in [1.54, 1.807) is 10.4 Å². The van der Waals surface area contributed by atoms with Gasteiger partial charge in [0.05, 0.1) is 0 Å². The van der Waals surface area contributed by atoms with Crippen molar-refractivity contribution in [3.05, 3.63) is 21.9 Å². The van der Waals surface area contributed by atoms with E-state index < -0.39 is 0 Å². The van der Waals surface area contributed by atoms with E-state index in [1.807, 2.05) is 11.3 Å². The van der Waals surface area contributed by atoms with Crippen LogP contribution in [0.15, 0.2) is 11.4 Å². The molecule has 82 valence electrons. The van der Waals surface area contributed by atoms with Crippen molar-refractivity contribution >= 4 is 11.3 Å². The molecule has 0 spiro atoms. The molecule has 0 aromatic carbocycles. The highest BCUT2D eigenvalue weighted by Gasteiger charge is 2.31. The van der Waals surface area contributed by atoms with Gasteiger partial charge in [0.2, 0.25) is 0 Å². The molecule has 15 heavy (non-hydrogen) atoms. The van der Waals surface area contributed by atoms with Gasteiger partial charge in [-0.05, 0) is 36.3 Å². The van der Waals surface area contributed by atoms with E-state index in [4.69, 9.17) is 5.73 Å². The summed E-state index contributed by atoms with van der Waals surface area (Å²) >= 11 is 1.91. The molecule has 0 bridgehead atoms. The summed E-state index contributed by atoms with van der Waals surface area (Å²) < 4.78 is 0. The molecule has 2 aliphatic rings. The topological polar surface area (TPSA) is 29.3 Å². The lowest BCUT2D eigenvalue weighted by atomic mass is 10.0. The fourth-order valence-electron chi connectivity index (χ4n) is 2.98. The van der Waals surface area contributed by atoms with E-state index in [-0.39, 0.29) is 0 Å². The van der Waals surface area contributed by atoms with Crippen LogP contribution in [0.3, 0.4) is 0 Å². The second-order valence-electron chi connectivity index (χ2n) is 4.75. The molecule has 1 aliphatic carbocycles. The maximum atomic E-state index is 6.17. The summed E-state index contributed by atoms with van der Waals surface area (Å²) in [6, 6.07) is 3.36. The zero-order valence-corrected chi connectivity index (χ0v) is 9.80. The SMILES string of the molecule is NC1CCCC1N1CCc2sccc2C1. The van der Waals surface area contributed by atoms with Crippen LogP contribution in [0.4, 0.5) is 0 Å². The highest BCUT2D eigenvalue weighted by Crippen LogP contribution is 2.30. The zero-order valence-electron chi connectivity index (χ0n) is 8.98. The minimum atomic E-state index is 0.421. The van der Waals surface area contributed by atoms with E-state index in [0.717, 1.165) is 6.54 Å². The number of thiophene rings is 1. The zero-order chi connectivity index (χ0) is 10.3. The van der Waals surface area contributed by atoms with Gasteiger partial charge in [-0.15, -0.1) is 11.3 Å². The van der Waals surface area contributed by atoms with Crippen LogP contribution < -0.4 is 5.73 Å². The molecule has 1 fully saturated rings. The van der Waals surface area contributed by atoms with Crippen molar-refractivity contribution in [1.82, 2.24) is 4.90 Å². The highest BCUT2D eigenvalue weighted by molar-refractivity contribution is 7.10. The molecular weight excluding hydrogens is 204 g/mol. The maximum absolute atomic E-state index is 6.17. The molecule has 2 unspecified atom stereocenters. The first-order valence-corrected chi connectivity index (χ1v) is 6.77. The van der Waals surface area contributed by atoms with E-state index in [2.05, 4.69) is 16.3 Å². The Hall–Kier alpha value is -0.380. The molecule has 1 aromatic rings. The second-order valence-corrected chi connectivity index (χ2v) is 5.75. The Morgan fingerprint density at radius 3 is 3.13 bits per heavy atom. The first-order valence-electron chi connectivity index (χ1n) is 5.89. The monoisotopic (exact) mass is 222 g/mol. The molecule has 2 atom stereocenters. The smallest absolute Gasteiger partial charge is 0.0250 e. The minimum Gasteiger partial charge on any atom is -0.326 e. The van der Waals surface area contributed by atoms with Crippen molar-refractivity contribution in [2.45, 2.75) is 44.3 Å². The van der Waals surface area contributed by atoms with E-state index in [9.17, 15) is 0 Å². The van der Waals surface area contributed by atoms with E-state index in [0.29, 0.717) is 12.1 Å². The first-order chi connectivity index (χ1) is 7.34. The number of rotatable bonds is 1. The Morgan fingerprint density at radius 2 is 2.33 bits per heavy atom. The van der Waals surface area contributed by atoms with Crippen molar-refractivity contribution < 1.29 is 0 Å². The third-order valence-electron chi connectivity index (χ3n) is 3.84. The summed E-state index contributed by atoms with van der Waals surface area (Å²) in [6.07, 6.45) is 5.08. The predicted molar refractivity (Wildman–Crippen MR) is 64.0 cm³/mol. The summed E-state index contributed by atoms with van der Waals surface area (Å²) in [5.74, 6) is 0. The van der Waals surface area contributed by atoms with Gasteiger partial charge in [-0.3, -0.25) is 4.90 Å². The molecule has 2 nitrogen and oxygen atoms in total. The quantitative estimate of drug-likeness (QED) is 0.787. The van der Waals surface area contributed by atoms with Crippen LogP contribution in [0.5, 0.6) is 0 Å². The fraction of sp³-hybridized carbons (Fsp3) is 0.667. The second kappa shape index (κ2) is 3.89. The van der Waals surface area contributed by atoms with E-state index in [1.165, 1.54) is 32.2 Å². The van der Waals surface area contributed by atoms with Crippen LogP contribution in [0.1, 0.15) is 29.7 Å². The van der Waals surface area contributed by atoms with Gasteiger partial charge in [0.25, 0.3) is 0 Å². The third kappa shape index (κ3) is 1.73. The summed E-state index contributed by atoms with van der Waals surface area (Å²) in [5.41, 5.74) is 7.71. The number of hydrogen-bond donors (Lipinski definition) is 1. The number of nitrogens with zero attached hydrogens (tertiary/aromatic N) is 1. The van der Waals surface area contributed by atoms with Crippen LogP contribution in [0, 0.1) is 0 Å². The van der Waals surface area contributed by atoms with Gasteiger partial charge in [0.15, 0.2) is 0 Å². The van der Waals surface area contributed by atoms with Crippen LogP contribution in [0.25, 0.3) is 0 Å². The Balaban J connectivity index is 1.75. The molecule has 1 saturated carbocycles. The molecule has 3 rings (SSSR count). The third-order valence-corrected chi connectivity index (χ3v) is 4.86. The van der Waals surface area contributed by atoms with Gasteiger partial charge in [-0.1, -0.05) is 6.42 Å². The van der Waals surface area contributed by atoms with Gasteiger partial charge < -0.3 is 5.73 Å². The van der Waals surface area contributed by atoms with Crippen LogP contribution >= 0.6 is 11.3 Å². The Bertz CT molecular complexity index is 347. The molecule has 0 radical (unpaired) electrons. The number of fused-ring (bicyclic) bond motifs is 1. The maximum Gasteiger partial charge on any atom is 0.0250 e. The van der Waals surface area contributed by atoms with Crippen LogP contribution in [-0.2, 0) is 13.0 Å². The lowest BCUT2D eigenvalue weighted by Crippen LogP contribution is -2.46. The highest BCUT2D eigenvalue weighted by atomic mass is 32.1. The molecule has 1 aromatic heterocycles. The summed E-state index contributed by atoms with van der Waals surface area (Å²) in [5, 5.41) is 2.22. The van der Waals surface area contributed by atoms with Gasteiger partial charge in [-0.25, -0.2) is 0 Å². The summed E-state index contributed by atoms with van der Waals surface area (Å²) in [6.45, 7) is 2.35. The number of hydrogen-bond acceptors (Lipinski definition) is 3. The van der Waals surface area contributed by atoms with Crippen molar-refractivity contribution in [2.75, 3.05) is 6.54 Å². The van der Waals surface area contributed by atoms with Crippen LogP contribution in [0.2, 0.25) is 0 Å². The fourth-order valence-corrected chi connectivity index (χ4v) is 3.87. The first kappa shape index (κ1) is 9.82. The molecule has 2 heterocycles. The van der Waals surface area contributed by atoms with Crippen LogP contribution in [-0.4, -0.2) is 23.5 Å². The normalized spacial score (nSPS) is 31.8. The summed E-state index contributed by atoms with van der Waals surface area (Å²) in [7, 11) is 0. The summed E-state index contributed by atoms with van der Waals surface area (Å²) in [4.78, 5) is 4.20. The van der Waals surface area contributed by atoms with Gasteiger partial charge in [0.1, 0.15) is 0 Å². The molecule has 0 amide bonds. The van der Waals surface area contributed by atoms with Crippen molar-refractivity contribution in [3.63, 3.8) is 0 Å². The minimum absolute atomic E-state index is 0.421. The average Bonchev–Trinajstić information content (AvgIpc) is 2.84. The standard InChI is InChI=1S/C12H18N2S/c13-10-2-1-3-11(10)14-6-4-12-9(8-14)5-7-15-12/h5,7,10-11H,1-4,6,8,13H2. The van der Waals surface area contributed by atoms with Gasteiger partial charge in [-0.2, -0.15) is 0 Å². The Kier molecular flexibility index (Phi) is 2.54. The molecule has 1 aliphatic heterocycles. The van der Waals surface area contributed by atoms with Gasteiger partial charge >= 0.3 is 0 Å². The number of nitrogens with two attached hydrogens (primary N) is 1. The Labute approximate surface area is 95.1 Å². The van der Waals surface area contributed by atoms with E-state index >= 15 is 0 Å². The van der Waals surface area contributed by atoms with Crippen molar-refractivity contribution in [2.24, 2.45) is 5.73 Å².